The third-order valence-corrected chi connectivity index (χ3v) is 5.56. The minimum atomic E-state index is -3.68. The molecule has 1 aliphatic rings. The maximum atomic E-state index is 12.5. The third kappa shape index (κ3) is 2.39. The van der Waals surface area contributed by atoms with E-state index in [1.54, 1.807) is 24.3 Å². The quantitative estimate of drug-likeness (QED) is 0.700. The van der Waals surface area contributed by atoms with Crippen molar-refractivity contribution >= 4 is 32.6 Å². The maximum Gasteiger partial charge on any atom is 0.206 e. The van der Waals surface area contributed by atoms with E-state index in [-0.39, 0.29) is 10.7 Å². The number of para-hydroxylation sites is 2. The molecule has 0 saturated carbocycles. The lowest BCUT2D eigenvalue weighted by Crippen LogP contribution is -2.24. The molecule has 2 aromatic carbocycles. The molecule has 1 aromatic heterocycles. The lowest BCUT2D eigenvalue weighted by atomic mass is 10.0. The summed E-state index contributed by atoms with van der Waals surface area (Å²) in [7, 11) is -3.68. The normalized spacial score (nSPS) is 17.8. The van der Waals surface area contributed by atoms with Crippen molar-refractivity contribution in [3.05, 3.63) is 70.8 Å². The first kappa shape index (κ1) is 14.6. The van der Waals surface area contributed by atoms with Gasteiger partial charge in [-0.15, -0.1) is 0 Å². The molecule has 0 amide bonds. The summed E-state index contributed by atoms with van der Waals surface area (Å²) < 4.78 is 24.8. The fourth-order valence-corrected chi connectivity index (χ4v) is 4.18. The molecule has 0 unspecified atom stereocenters. The van der Waals surface area contributed by atoms with Crippen molar-refractivity contribution in [2.24, 2.45) is 0 Å². The van der Waals surface area contributed by atoms with E-state index in [1.807, 2.05) is 24.3 Å². The van der Waals surface area contributed by atoms with Gasteiger partial charge < -0.3 is 10.3 Å². The van der Waals surface area contributed by atoms with Crippen molar-refractivity contribution in [2.45, 2.75) is 5.75 Å². The van der Waals surface area contributed by atoms with E-state index in [2.05, 4.69) is 15.3 Å². The highest BCUT2D eigenvalue weighted by Crippen LogP contribution is 2.28. The number of carbonyl (C=O) groups excluding carboxylic acids is 1. The molecule has 4 rings (SSSR count). The number of allylic oxidation sites excluding steroid dienone is 1. The summed E-state index contributed by atoms with van der Waals surface area (Å²) >= 11 is 0. The Labute approximate surface area is 138 Å². The van der Waals surface area contributed by atoms with E-state index in [0.717, 1.165) is 11.0 Å². The molecule has 7 heteroatoms. The highest BCUT2D eigenvalue weighted by molar-refractivity contribution is 7.95. The Morgan fingerprint density at radius 2 is 1.83 bits per heavy atom. The Bertz CT molecular complexity index is 1060. The molecule has 0 aliphatic carbocycles. The number of nitrogens with one attached hydrogen (secondary N) is 2. The zero-order chi connectivity index (χ0) is 16.7. The van der Waals surface area contributed by atoms with Crippen LogP contribution in [-0.4, -0.2) is 24.2 Å². The van der Waals surface area contributed by atoms with Gasteiger partial charge in [-0.1, -0.05) is 36.4 Å². The number of imidazole rings is 1. The van der Waals surface area contributed by atoms with Crippen molar-refractivity contribution in [3.63, 3.8) is 0 Å². The molecule has 0 atom stereocenters. The van der Waals surface area contributed by atoms with Gasteiger partial charge >= 0.3 is 0 Å². The van der Waals surface area contributed by atoms with Crippen molar-refractivity contribution in [1.29, 1.82) is 0 Å². The Morgan fingerprint density at radius 1 is 1.08 bits per heavy atom. The first-order chi connectivity index (χ1) is 11.5. The van der Waals surface area contributed by atoms with E-state index in [4.69, 9.17) is 0 Å². The van der Waals surface area contributed by atoms with Gasteiger partial charge in [-0.3, -0.25) is 4.79 Å². The molecule has 6 nitrogen and oxygen atoms in total. The van der Waals surface area contributed by atoms with E-state index < -0.39 is 15.6 Å². The smallest absolute Gasteiger partial charge is 0.206 e. The molecule has 2 N–H and O–H groups in total. The number of benzene rings is 2. The number of hydrogen-bond donors (Lipinski definition) is 2. The predicted octanol–water partition coefficient (Wildman–Crippen LogP) is 2.63. The summed E-state index contributed by atoms with van der Waals surface area (Å²) in [6.45, 7) is 0. The second-order valence-electron chi connectivity index (χ2n) is 5.50. The number of carbonyl (C=O) groups is 1. The molecule has 24 heavy (non-hydrogen) atoms. The molecular weight excluding hydrogens is 326 g/mol. The zero-order valence-corrected chi connectivity index (χ0v) is 13.3. The lowest BCUT2D eigenvalue weighted by Gasteiger charge is -2.17. The van der Waals surface area contributed by atoms with Crippen LogP contribution in [0.15, 0.2) is 59.6 Å². The number of aromatic amines is 1. The first-order valence-electron chi connectivity index (χ1n) is 7.31. The molecule has 0 saturated heterocycles. The van der Waals surface area contributed by atoms with Gasteiger partial charge in [0.1, 0.15) is 4.91 Å². The summed E-state index contributed by atoms with van der Waals surface area (Å²) in [5.74, 6) is -0.297. The molecule has 1 aliphatic heterocycles. The Hall–Kier alpha value is -2.93. The number of hydrogen-bond acceptors (Lipinski definition) is 5. The highest BCUT2D eigenvalue weighted by Gasteiger charge is 2.33. The molecular formula is C17H13N3O3S. The summed E-state index contributed by atoms with van der Waals surface area (Å²) in [4.78, 5) is 19.6. The SMILES string of the molecule is O=C1C(=CNc2nc3ccccc3[nH]2)S(=O)(=O)Cc2ccccc21. The third-order valence-electron chi connectivity index (χ3n) is 3.90. The van der Waals surface area contributed by atoms with Crippen LogP contribution in [0.25, 0.3) is 11.0 Å². The van der Waals surface area contributed by atoms with Gasteiger partial charge in [0.05, 0.1) is 16.8 Å². The van der Waals surface area contributed by atoms with Crippen molar-refractivity contribution < 1.29 is 13.2 Å². The van der Waals surface area contributed by atoms with Crippen molar-refractivity contribution in [1.82, 2.24) is 9.97 Å². The number of rotatable bonds is 2. The van der Waals surface area contributed by atoms with Gasteiger partial charge in [0, 0.05) is 11.8 Å². The van der Waals surface area contributed by atoms with Gasteiger partial charge in [-0.05, 0) is 17.7 Å². The summed E-state index contributed by atoms with van der Waals surface area (Å²) in [6, 6.07) is 14.2. The van der Waals surface area contributed by atoms with Crippen LogP contribution in [0.5, 0.6) is 0 Å². The lowest BCUT2D eigenvalue weighted by molar-refractivity contribution is 0.104. The fourth-order valence-electron chi connectivity index (χ4n) is 2.73. The summed E-state index contributed by atoms with van der Waals surface area (Å²) in [6.07, 6.45) is 1.21. The first-order valence-corrected chi connectivity index (χ1v) is 8.97. The number of fused-ring (bicyclic) bond motifs is 2. The second kappa shape index (κ2) is 5.31. The fraction of sp³-hybridized carbons (Fsp3) is 0.0588. The van der Waals surface area contributed by atoms with Crippen LogP contribution < -0.4 is 5.32 Å². The maximum absolute atomic E-state index is 12.5. The van der Waals surface area contributed by atoms with Gasteiger partial charge in [-0.2, -0.15) is 0 Å². The monoisotopic (exact) mass is 339 g/mol. The number of aromatic nitrogens is 2. The molecule has 0 radical (unpaired) electrons. The summed E-state index contributed by atoms with van der Waals surface area (Å²) in [5, 5.41) is 2.79. The molecule has 0 fully saturated rings. The number of Topliss-reactive ketones (excluding diaryl/α,β-unsaturated/α-hetero) is 1. The van der Waals surface area contributed by atoms with Crippen LogP contribution in [0.1, 0.15) is 15.9 Å². The average Bonchev–Trinajstić information content (AvgIpc) is 2.96. The molecule has 0 bridgehead atoms. The van der Waals surface area contributed by atoms with E-state index in [1.165, 1.54) is 6.20 Å². The average molecular weight is 339 g/mol. The number of H-pyrrole nitrogens is 1. The molecule has 120 valence electrons. The highest BCUT2D eigenvalue weighted by atomic mass is 32.2. The topological polar surface area (TPSA) is 91.9 Å². The minimum Gasteiger partial charge on any atom is -0.331 e. The molecule has 0 spiro atoms. The van der Waals surface area contributed by atoms with Gasteiger partial charge in [-0.25, -0.2) is 13.4 Å². The van der Waals surface area contributed by atoms with Gasteiger partial charge in [0.25, 0.3) is 0 Å². The number of anilines is 1. The minimum absolute atomic E-state index is 0.178. The number of nitrogens with zero attached hydrogens (tertiary/aromatic N) is 1. The number of sulfone groups is 1. The van der Waals surface area contributed by atoms with Crippen LogP contribution >= 0.6 is 0 Å². The van der Waals surface area contributed by atoms with Crippen molar-refractivity contribution in [2.75, 3.05) is 5.32 Å². The Balaban J connectivity index is 1.72. The molecule has 3 aromatic rings. The standard InChI is InChI=1S/C17H13N3O3S/c21-16-12-6-2-1-5-11(12)10-24(22,23)15(16)9-18-17-19-13-7-3-4-8-14(13)20-17/h1-9H,10H2,(H2,18,19,20). The largest absolute Gasteiger partial charge is 0.331 e. The Morgan fingerprint density at radius 3 is 2.67 bits per heavy atom. The Kier molecular flexibility index (Phi) is 3.24. The van der Waals surface area contributed by atoms with E-state index >= 15 is 0 Å². The van der Waals surface area contributed by atoms with Crippen LogP contribution in [-0.2, 0) is 15.6 Å². The van der Waals surface area contributed by atoms with E-state index in [0.29, 0.717) is 17.1 Å². The van der Waals surface area contributed by atoms with Crippen LogP contribution in [0.4, 0.5) is 5.95 Å². The summed E-state index contributed by atoms with van der Waals surface area (Å²) in [5.41, 5.74) is 2.52. The van der Waals surface area contributed by atoms with E-state index in [9.17, 15) is 13.2 Å². The van der Waals surface area contributed by atoms with Gasteiger partial charge in [0.2, 0.25) is 11.7 Å². The van der Waals surface area contributed by atoms with Crippen LogP contribution in [0.3, 0.4) is 0 Å². The molecule has 2 heterocycles. The van der Waals surface area contributed by atoms with Crippen molar-refractivity contribution in [3.8, 4) is 0 Å². The predicted molar refractivity (Wildman–Crippen MR) is 91.2 cm³/mol. The second-order valence-corrected chi connectivity index (χ2v) is 7.46. The zero-order valence-electron chi connectivity index (χ0n) is 12.5. The van der Waals surface area contributed by atoms with Crippen LogP contribution in [0, 0.1) is 0 Å². The van der Waals surface area contributed by atoms with Crippen LogP contribution in [0.2, 0.25) is 0 Å². The number of ketones is 1. The van der Waals surface area contributed by atoms with Gasteiger partial charge in [0.15, 0.2) is 9.84 Å².